The van der Waals surface area contributed by atoms with E-state index in [1.165, 1.54) is 0 Å². The Hall–Kier alpha value is -2.89. The minimum Gasteiger partial charge on any atom is -0.445 e. The van der Waals surface area contributed by atoms with Gasteiger partial charge < -0.3 is 10.1 Å². The van der Waals surface area contributed by atoms with Crippen molar-refractivity contribution in [2.45, 2.75) is 12.6 Å². The second kappa shape index (κ2) is 7.78. The lowest BCUT2D eigenvalue weighted by Gasteiger charge is -2.15. The van der Waals surface area contributed by atoms with Gasteiger partial charge in [-0.15, -0.1) is 0 Å². The highest BCUT2D eigenvalue weighted by molar-refractivity contribution is 5.68. The Kier molecular flexibility index (Phi) is 5.48. The molecular weight excluding hydrogens is 284 g/mol. The summed E-state index contributed by atoms with van der Waals surface area (Å²) in [5, 5.41) is 13.3. The number of hydrogen-bond donors (Lipinski definition) is 1. The molecule has 0 heterocycles. The number of amides is 1. The van der Waals surface area contributed by atoms with E-state index in [2.05, 4.69) is 5.32 Å². The third-order valence-electron chi connectivity index (χ3n) is 3.04. The lowest BCUT2D eigenvalue weighted by Crippen LogP contribution is -2.33. The molecule has 1 unspecified atom stereocenters. The molecule has 0 spiro atoms. The monoisotopic (exact) mass is 300 g/mol. The zero-order chi connectivity index (χ0) is 15.8. The third kappa shape index (κ3) is 4.90. The molecule has 0 aliphatic rings. The molecule has 0 bridgehead atoms. The van der Waals surface area contributed by atoms with E-state index in [1.807, 2.05) is 30.3 Å². The Bertz CT molecular complexity index is 617. The van der Waals surface area contributed by atoms with Crippen LogP contribution in [0, 0.1) is 10.1 Å². The summed E-state index contributed by atoms with van der Waals surface area (Å²) < 4.78 is 5.09. The van der Waals surface area contributed by atoms with Crippen molar-refractivity contribution in [3.8, 4) is 0 Å². The molecule has 0 fully saturated rings. The maximum absolute atomic E-state index is 11.8. The highest BCUT2D eigenvalue weighted by atomic mass is 16.6. The fourth-order valence-corrected chi connectivity index (χ4v) is 1.98. The molecule has 0 saturated carbocycles. The van der Waals surface area contributed by atoms with Gasteiger partial charge in [-0.05, 0) is 11.1 Å². The van der Waals surface area contributed by atoms with Crippen LogP contribution in [0.1, 0.15) is 17.2 Å². The van der Waals surface area contributed by atoms with E-state index < -0.39 is 23.6 Å². The van der Waals surface area contributed by atoms with Crippen molar-refractivity contribution in [3.63, 3.8) is 0 Å². The van der Waals surface area contributed by atoms with Crippen LogP contribution in [0.4, 0.5) is 4.79 Å². The molecule has 1 N–H and O–H groups in total. The quantitative estimate of drug-likeness (QED) is 0.657. The van der Waals surface area contributed by atoms with Gasteiger partial charge in [0.1, 0.15) is 12.6 Å². The van der Waals surface area contributed by atoms with Gasteiger partial charge in [0.25, 0.3) is 0 Å². The molecule has 22 heavy (non-hydrogen) atoms. The van der Waals surface area contributed by atoms with Gasteiger partial charge in [0.2, 0.25) is 6.54 Å². The van der Waals surface area contributed by atoms with Crippen molar-refractivity contribution in [2.75, 3.05) is 6.54 Å². The van der Waals surface area contributed by atoms with Crippen LogP contribution in [0.5, 0.6) is 0 Å². The Labute approximate surface area is 127 Å². The van der Waals surface area contributed by atoms with Gasteiger partial charge >= 0.3 is 6.09 Å². The molecule has 2 aromatic rings. The van der Waals surface area contributed by atoms with Crippen molar-refractivity contribution in [3.05, 3.63) is 81.9 Å². The minimum absolute atomic E-state index is 0.118. The molecule has 2 aromatic carbocycles. The van der Waals surface area contributed by atoms with E-state index in [9.17, 15) is 14.9 Å². The Morgan fingerprint density at radius 2 is 1.68 bits per heavy atom. The van der Waals surface area contributed by atoms with E-state index in [4.69, 9.17) is 4.74 Å². The topological polar surface area (TPSA) is 81.5 Å². The smallest absolute Gasteiger partial charge is 0.408 e. The summed E-state index contributed by atoms with van der Waals surface area (Å²) in [5.41, 5.74) is 1.51. The number of carbonyl (C=O) groups is 1. The fourth-order valence-electron chi connectivity index (χ4n) is 1.98. The predicted octanol–water partition coefficient (Wildman–Crippen LogP) is 2.93. The normalized spacial score (nSPS) is 11.5. The average molecular weight is 300 g/mol. The van der Waals surface area contributed by atoms with Crippen LogP contribution in [-0.4, -0.2) is 17.6 Å². The number of nitrogens with zero attached hydrogens (tertiary/aromatic N) is 1. The van der Waals surface area contributed by atoms with Gasteiger partial charge in [0, 0.05) is 4.92 Å². The molecule has 0 aliphatic carbocycles. The molecule has 0 aliphatic heterocycles. The summed E-state index contributed by atoms with van der Waals surface area (Å²) in [6.07, 6.45) is -0.681. The van der Waals surface area contributed by atoms with E-state index in [-0.39, 0.29) is 6.61 Å². The van der Waals surface area contributed by atoms with Gasteiger partial charge in [-0.1, -0.05) is 60.7 Å². The molecule has 0 saturated heterocycles. The number of hydrogen-bond acceptors (Lipinski definition) is 4. The van der Waals surface area contributed by atoms with Gasteiger partial charge in [-0.2, -0.15) is 0 Å². The zero-order valence-electron chi connectivity index (χ0n) is 11.8. The molecule has 1 atom stereocenters. The van der Waals surface area contributed by atoms with Crippen LogP contribution in [0.2, 0.25) is 0 Å². The second-order valence-corrected chi connectivity index (χ2v) is 4.68. The maximum atomic E-state index is 11.8. The van der Waals surface area contributed by atoms with Crippen LogP contribution in [0.3, 0.4) is 0 Å². The maximum Gasteiger partial charge on any atom is 0.408 e. The molecule has 6 heteroatoms. The average Bonchev–Trinajstić information content (AvgIpc) is 2.54. The Morgan fingerprint density at radius 1 is 1.09 bits per heavy atom. The number of nitro groups is 1. The van der Waals surface area contributed by atoms with Crippen LogP contribution >= 0.6 is 0 Å². The Balaban J connectivity index is 1.95. The summed E-state index contributed by atoms with van der Waals surface area (Å²) in [6, 6.07) is 17.3. The highest BCUT2D eigenvalue weighted by Gasteiger charge is 2.20. The molecule has 6 nitrogen and oxygen atoms in total. The first-order valence-electron chi connectivity index (χ1n) is 6.79. The molecule has 2 rings (SSSR count). The fraction of sp³-hybridized carbons (Fsp3) is 0.188. The van der Waals surface area contributed by atoms with Crippen molar-refractivity contribution in [2.24, 2.45) is 0 Å². The van der Waals surface area contributed by atoms with Gasteiger partial charge in [0.05, 0.1) is 0 Å². The second-order valence-electron chi connectivity index (χ2n) is 4.68. The van der Waals surface area contributed by atoms with Gasteiger partial charge in [-0.25, -0.2) is 4.79 Å². The van der Waals surface area contributed by atoms with E-state index in [1.54, 1.807) is 30.3 Å². The van der Waals surface area contributed by atoms with Crippen LogP contribution < -0.4 is 5.32 Å². The van der Waals surface area contributed by atoms with Gasteiger partial charge in [0.15, 0.2) is 0 Å². The van der Waals surface area contributed by atoms with Crippen molar-refractivity contribution >= 4 is 6.09 Å². The first kappa shape index (κ1) is 15.5. The molecular formula is C16H16N2O4. The summed E-state index contributed by atoms with van der Waals surface area (Å²) in [4.78, 5) is 22.1. The lowest BCUT2D eigenvalue weighted by atomic mass is 10.1. The summed E-state index contributed by atoms with van der Waals surface area (Å²) in [6.45, 7) is -0.281. The third-order valence-corrected chi connectivity index (χ3v) is 3.04. The number of alkyl carbamates (subject to hydrolysis) is 1. The number of benzene rings is 2. The SMILES string of the molecule is O=C(NC(C[N+](=O)[O-])c1ccccc1)OCc1ccccc1. The standard InChI is InChI=1S/C16H16N2O4/c19-16(22-12-13-7-3-1-4-8-13)17-15(11-18(20)21)14-9-5-2-6-10-14/h1-10,15H,11-12H2,(H,17,19). The van der Waals surface area contributed by atoms with E-state index in [0.717, 1.165) is 5.56 Å². The molecule has 0 radical (unpaired) electrons. The van der Waals surface area contributed by atoms with E-state index in [0.29, 0.717) is 5.56 Å². The Morgan fingerprint density at radius 3 is 2.27 bits per heavy atom. The zero-order valence-corrected chi connectivity index (χ0v) is 11.8. The molecule has 1 amide bonds. The van der Waals surface area contributed by atoms with Crippen molar-refractivity contribution in [1.29, 1.82) is 0 Å². The van der Waals surface area contributed by atoms with Crippen LogP contribution in [0.15, 0.2) is 60.7 Å². The number of carbonyl (C=O) groups excluding carboxylic acids is 1. The van der Waals surface area contributed by atoms with Gasteiger partial charge in [-0.3, -0.25) is 10.1 Å². The van der Waals surface area contributed by atoms with Crippen LogP contribution in [0.25, 0.3) is 0 Å². The minimum atomic E-state index is -0.723. The number of ether oxygens (including phenoxy) is 1. The van der Waals surface area contributed by atoms with E-state index >= 15 is 0 Å². The van der Waals surface area contributed by atoms with Crippen molar-refractivity contribution in [1.82, 2.24) is 5.32 Å². The summed E-state index contributed by atoms with van der Waals surface area (Å²) in [5.74, 6) is 0. The molecule has 114 valence electrons. The van der Waals surface area contributed by atoms with Crippen molar-refractivity contribution < 1.29 is 14.5 Å². The predicted molar refractivity (Wildman–Crippen MR) is 80.8 cm³/mol. The molecule has 0 aromatic heterocycles. The summed E-state index contributed by atoms with van der Waals surface area (Å²) >= 11 is 0. The number of nitrogens with one attached hydrogen (secondary N) is 1. The first-order chi connectivity index (χ1) is 10.6. The highest BCUT2D eigenvalue weighted by Crippen LogP contribution is 2.13. The number of rotatable bonds is 6. The summed E-state index contributed by atoms with van der Waals surface area (Å²) in [7, 11) is 0. The lowest BCUT2D eigenvalue weighted by molar-refractivity contribution is -0.484. The first-order valence-corrected chi connectivity index (χ1v) is 6.79. The van der Waals surface area contributed by atoms with Crippen LogP contribution in [-0.2, 0) is 11.3 Å². The largest absolute Gasteiger partial charge is 0.445 e.